The largest absolute Gasteiger partial charge is 0.279 e. The van der Waals surface area contributed by atoms with Crippen LogP contribution in [0.15, 0.2) is 84.9 Å². The van der Waals surface area contributed by atoms with Crippen LogP contribution < -0.4 is 0 Å². The molecule has 0 radical (unpaired) electrons. The van der Waals surface area contributed by atoms with Crippen LogP contribution in [0.3, 0.4) is 0 Å². The number of carbonyl (C=O) groups is 1. The molecule has 0 aliphatic carbocycles. The van der Waals surface area contributed by atoms with Crippen molar-refractivity contribution >= 4 is 5.78 Å². The summed E-state index contributed by atoms with van der Waals surface area (Å²) in [6, 6.07) is 27.0. The number of ketones is 1. The lowest BCUT2D eigenvalue weighted by Crippen LogP contribution is -1.98. The van der Waals surface area contributed by atoms with Gasteiger partial charge in [-0.2, -0.15) is 0 Å². The molecule has 0 bridgehead atoms. The van der Waals surface area contributed by atoms with Crippen LogP contribution in [-0.2, 0) is 0 Å². The Morgan fingerprint density at radius 2 is 1.27 bits per heavy atom. The number of Topliss-reactive ketones (excluding diaryl/α,β-unsaturated/α-hetero) is 1. The minimum atomic E-state index is -0.164. The molecule has 104 valence electrons. The summed E-state index contributed by atoms with van der Waals surface area (Å²) in [5.41, 5.74) is 3.41. The van der Waals surface area contributed by atoms with Crippen molar-refractivity contribution in [2.45, 2.75) is 0 Å². The zero-order chi connectivity index (χ0) is 15.2. The predicted molar refractivity (Wildman–Crippen MR) is 89.5 cm³/mol. The lowest BCUT2D eigenvalue weighted by atomic mass is 9.97. The minimum Gasteiger partial charge on any atom is -0.279 e. The molecule has 3 aromatic carbocycles. The van der Waals surface area contributed by atoms with E-state index in [0.717, 1.165) is 16.7 Å². The van der Waals surface area contributed by atoms with Gasteiger partial charge in [-0.1, -0.05) is 72.7 Å². The Bertz CT molecular complexity index is 837. The highest BCUT2D eigenvalue weighted by Gasteiger charge is 2.09. The van der Waals surface area contributed by atoms with Gasteiger partial charge in [-0.3, -0.25) is 4.79 Å². The van der Waals surface area contributed by atoms with Crippen LogP contribution in [0.25, 0.3) is 11.1 Å². The van der Waals surface area contributed by atoms with Crippen LogP contribution in [0.5, 0.6) is 0 Å². The van der Waals surface area contributed by atoms with Crippen LogP contribution in [0.2, 0.25) is 0 Å². The van der Waals surface area contributed by atoms with Crippen molar-refractivity contribution in [1.29, 1.82) is 0 Å². The third-order valence-electron chi connectivity index (χ3n) is 3.35. The maximum atomic E-state index is 12.4. The maximum Gasteiger partial charge on any atom is 0.236 e. The first-order chi connectivity index (χ1) is 10.8. The molecule has 0 saturated heterocycles. The molecular formula is C21H14O. The van der Waals surface area contributed by atoms with Crippen LogP contribution >= 0.6 is 0 Å². The number of hydrogen-bond acceptors (Lipinski definition) is 1. The first kappa shape index (κ1) is 13.9. The standard InChI is InChI=1S/C21H14O/c22-21(16-15-17-9-3-1-4-10-17)20-14-8-7-13-19(20)18-11-5-2-6-12-18/h1-14H. The average Bonchev–Trinajstić information content (AvgIpc) is 2.61. The van der Waals surface area contributed by atoms with Crippen molar-refractivity contribution in [3.05, 3.63) is 96.1 Å². The molecule has 22 heavy (non-hydrogen) atoms. The molecule has 0 heterocycles. The molecule has 0 amide bonds. The van der Waals surface area contributed by atoms with Crippen molar-refractivity contribution in [3.8, 4) is 23.0 Å². The van der Waals surface area contributed by atoms with Crippen molar-refractivity contribution in [2.24, 2.45) is 0 Å². The van der Waals surface area contributed by atoms with Gasteiger partial charge in [-0.25, -0.2) is 0 Å². The van der Waals surface area contributed by atoms with E-state index in [1.54, 1.807) is 0 Å². The van der Waals surface area contributed by atoms with E-state index in [2.05, 4.69) is 11.8 Å². The van der Waals surface area contributed by atoms with Gasteiger partial charge in [0.05, 0.1) is 0 Å². The van der Waals surface area contributed by atoms with Crippen molar-refractivity contribution in [2.75, 3.05) is 0 Å². The molecule has 0 saturated carbocycles. The maximum absolute atomic E-state index is 12.4. The molecule has 0 fully saturated rings. The second-order valence-electron chi connectivity index (χ2n) is 4.86. The van der Waals surface area contributed by atoms with E-state index in [1.165, 1.54) is 0 Å². The summed E-state index contributed by atoms with van der Waals surface area (Å²) in [5, 5.41) is 0. The third-order valence-corrected chi connectivity index (χ3v) is 3.35. The summed E-state index contributed by atoms with van der Waals surface area (Å²) < 4.78 is 0. The molecular weight excluding hydrogens is 268 g/mol. The van der Waals surface area contributed by atoms with E-state index < -0.39 is 0 Å². The SMILES string of the molecule is O=C(C#Cc1ccccc1)c1ccccc1-c1ccccc1. The Kier molecular flexibility index (Phi) is 4.13. The van der Waals surface area contributed by atoms with Gasteiger partial charge in [-0.05, 0) is 35.2 Å². The lowest BCUT2D eigenvalue weighted by molar-refractivity contribution is 0.105. The van der Waals surface area contributed by atoms with Gasteiger partial charge in [0.2, 0.25) is 5.78 Å². The van der Waals surface area contributed by atoms with E-state index >= 15 is 0 Å². The van der Waals surface area contributed by atoms with Crippen molar-refractivity contribution < 1.29 is 4.79 Å². The number of benzene rings is 3. The Labute approximate surface area is 130 Å². The van der Waals surface area contributed by atoms with Crippen molar-refractivity contribution in [1.82, 2.24) is 0 Å². The van der Waals surface area contributed by atoms with Crippen LogP contribution in [0.4, 0.5) is 0 Å². The first-order valence-corrected chi connectivity index (χ1v) is 7.10. The zero-order valence-electron chi connectivity index (χ0n) is 12.0. The summed E-state index contributed by atoms with van der Waals surface area (Å²) in [6.45, 7) is 0. The number of carbonyl (C=O) groups excluding carboxylic acids is 1. The fourth-order valence-corrected chi connectivity index (χ4v) is 2.27. The van der Waals surface area contributed by atoms with E-state index in [1.807, 2.05) is 84.9 Å². The lowest BCUT2D eigenvalue weighted by Gasteiger charge is -2.05. The highest BCUT2D eigenvalue weighted by Crippen LogP contribution is 2.23. The third kappa shape index (κ3) is 3.13. The average molecular weight is 282 g/mol. The van der Waals surface area contributed by atoms with Gasteiger partial charge >= 0.3 is 0 Å². The van der Waals surface area contributed by atoms with Gasteiger partial charge in [0.1, 0.15) is 0 Å². The summed E-state index contributed by atoms with van der Waals surface area (Å²) in [6.07, 6.45) is 0. The minimum absolute atomic E-state index is 0.164. The van der Waals surface area contributed by atoms with E-state index in [0.29, 0.717) is 5.56 Å². The summed E-state index contributed by atoms with van der Waals surface area (Å²) in [5.74, 6) is 5.49. The highest BCUT2D eigenvalue weighted by atomic mass is 16.1. The molecule has 3 rings (SSSR count). The quantitative estimate of drug-likeness (QED) is 0.496. The topological polar surface area (TPSA) is 17.1 Å². The zero-order valence-corrected chi connectivity index (χ0v) is 12.0. The van der Waals surface area contributed by atoms with Gasteiger partial charge < -0.3 is 0 Å². The van der Waals surface area contributed by atoms with E-state index in [4.69, 9.17) is 0 Å². The van der Waals surface area contributed by atoms with Crippen LogP contribution in [-0.4, -0.2) is 5.78 Å². The number of rotatable bonds is 2. The normalized spacial score (nSPS) is 9.64. The molecule has 0 atom stereocenters. The fourth-order valence-electron chi connectivity index (χ4n) is 2.27. The molecule has 0 aliphatic rings. The second-order valence-corrected chi connectivity index (χ2v) is 4.86. The van der Waals surface area contributed by atoms with E-state index in [9.17, 15) is 4.79 Å². The summed E-state index contributed by atoms with van der Waals surface area (Å²) >= 11 is 0. The molecule has 0 unspecified atom stereocenters. The van der Waals surface area contributed by atoms with Crippen LogP contribution in [0.1, 0.15) is 15.9 Å². The van der Waals surface area contributed by atoms with E-state index in [-0.39, 0.29) is 5.78 Å². The molecule has 0 aliphatic heterocycles. The van der Waals surface area contributed by atoms with Gasteiger partial charge in [0.15, 0.2) is 0 Å². The highest BCUT2D eigenvalue weighted by molar-refractivity contribution is 6.13. The van der Waals surface area contributed by atoms with Crippen molar-refractivity contribution in [3.63, 3.8) is 0 Å². The molecule has 0 N–H and O–H groups in total. The molecule has 1 nitrogen and oxygen atoms in total. The summed E-state index contributed by atoms with van der Waals surface area (Å²) in [4.78, 5) is 12.4. The Balaban J connectivity index is 1.96. The Hall–Kier alpha value is -3.11. The second kappa shape index (κ2) is 6.56. The predicted octanol–water partition coefficient (Wildman–Crippen LogP) is 4.59. The van der Waals surface area contributed by atoms with Gasteiger partial charge in [-0.15, -0.1) is 0 Å². The first-order valence-electron chi connectivity index (χ1n) is 7.10. The monoisotopic (exact) mass is 282 g/mol. The number of hydrogen-bond donors (Lipinski definition) is 0. The van der Waals surface area contributed by atoms with Gasteiger partial charge in [0.25, 0.3) is 0 Å². The molecule has 0 spiro atoms. The summed E-state index contributed by atoms with van der Waals surface area (Å²) in [7, 11) is 0. The smallest absolute Gasteiger partial charge is 0.236 e. The Morgan fingerprint density at radius 3 is 2.00 bits per heavy atom. The molecule has 0 aromatic heterocycles. The Morgan fingerprint density at radius 1 is 0.682 bits per heavy atom. The molecule has 1 heteroatoms. The van der Waals surface area contributed by atoms with Crippen LogP contribution in [0, 0.1) is 11.8 Å². The fraction of sp³-hybridized carbons (Fsp3) is 0. The van der Waals surface area contributed by atoms with Gasteiger partial charge in [0, 0.05) is 11.1 Å². The molecule has 3 aromatic rings.